The maximum absolute atomic E-state index is 14.0. The summed E-state index contributed by atoms with van der Waals surface area (Å²) in [6.45, 7) is 6.78. The Morgan fingerprint density at radius 1 is 1.11 bits per heavy atom. The molecule has 3 fully saturated rings. The number of pyridine rings is 1. The van der Waals surface area contributed by atoms with E-state index >= 15 is 0 Å². The molecule has 0 bridgehead atoms. The number of hydrogen-bond donors (Lipinski definition) is 0. The van der Waals surface area contributed by atoms with E-state index in [1.165, 1.54) is 29.3 Å². The van der Waals surface area contributed by atoms with Crippen LogP contribution in [0.25, 0.3) is 5.57 Å². The van der Waals surface area contributed by atoms with Gasteiger partial charge in [-0.3, -0.25) is 9.78 Å². The molecule has 0 radical (unpaired) electrons. The van der Waals surface area contributed by atoms with E-state index in [0.717, 1.165) is 63.6 Å². The normalized spacial score (nSPS) is 36.7. The monoisotopic (exact) mass is 490 g/mol. The van der Waals surface area contributed by atoms with Crippen LogP contribution < -0.4 is 0 Å². The predicted octanol–water partition coefficient (Wildman–Crippen LogP) is 6.35. The van der Waals surface area contributed by atoms with Crippen molar-refractivity contribution < 1.29 is 13.9 Å². The van der Waals surface area contributed by atoms with Gasteiger partial charge in [0.2, 0.25) is 0 Å². The molecule has 0 amide bonds. The number of esters is 1. The predicted molar refractivity (Wildman–Crippen MR) is 139 cm³/mol. The van der Waals surface area contributed by atoms with Crippen LogP contribution >= 0.6 is 0 Å². The number of aromatic nitrogens is 1. The third-order valence-corrected chi connectivity index (χ3v) is 10.5. The Morgan fingerprint density at radius 3 is 2.69 bits per heavy atom. The van der Waals surface area contributed by atoms with Crippen LogP contribution in [0.4, 0.5) is 4.39 Å². The molecule has 36 heavy (non-hydrogen) atoms. The highest BCUT2D eigenvalue weighted by Gasteiger charge is 2.54. The highest BCUT2D eigenvalue weighted by molar-refractivity contribution is 5.78. The molecule has 1 saturated heterocycles. The Labute approximate surface area is 214 Å². The second kappa shape index (κ2) is 8.93. The van der Waals surface area contributed by atoms with Crippen LogP contribution in [0, 0.1) is 34.4 Å². The summed E-state index contributed by atoms with van der Waals surface area (Å²) in [5.74, 6) is 0.956. The van der Waals surface area contributed by atoms with Gasteiger partial charge in [-0.15, -0.1) is 0 Å². The van der Waals surface area contributed by atoms with E-state index in [9.17, 15) is 9.18 Å². The van der Waals surface area contributed by atoms with Gasteiger partial charge < -0.3 is 9.64 Å². The summed E-state index contributed by atoms with van der Waals surface area (Å²) in [5, 5.41) is 0. The number of fused-ring (bicyclic) bond motifs is 5. The van der Waals surface area contributed by atoms with Crippen LogP contribution in [0.15, 0.2) is 47.8 Å². The standard InChI is InChI=1S/C31H39FN2O2/c1-30-12-8-24(36-29(35)20-10-14-34(3)15-11-20)17-22(30)4-5-25-27-7-6-26(21-16-23(32)19-33-18-21)31(27,2)13-9-28(25)30/h4,6-7,16,18-20,24-25,28H,5,8-15,17H2,1-3H3/t24-,25?,28?,30-,31+/m0/s1. The first-order valence-corrected chi connectivity index (χ1v) is 13.9. The number of nitrogens with zero attached hydrogens (tertiary/aromatic N) is 2. The van der Waals surface area contributed by atoms with Crippen LogP contribution in [0.5, 0.6) is 0 Å². The van der Waals surface area contributed by atoms with Crippen LogP contribution in [0.1, 0.15) is 70.8 Å². The van der Waals surface area contributed by atoms with Crippen molar-refractivity contribution in [2.75, 3.05) is 20.1 Å². The second-order valence-electron chi connectivity index (χ2n) is 12.4. The summed E-state index contributed by atoms with van der Waals surface area (Å²) in [7, 11) is 2.12. The van der Waals surface area contributed by atoms with Crippen molar-refractivity contribution in [3.63, 3.8) is 0 Å². The zero-order valence-electron chi connectivity index (χ0n) is 21.9. The van der Waals surface area contributed by atoms with Gasteiger partial charge in [-0.25, -0.2) is 4.39 Å². The highest BCUT2D eigenvalue weighted by atomic mass is 19.1. The fourth-order valence-corrected chi connectivity index (χ4v) is 8.21. The Morgan fingerprint density at radius 2 is 1.92 bits per heavy atom. The zero-order chi connectivity index (χ0) is 25.1. The average molecular weight is 491 g/mol. The maximum Gasteiger partial charge on any atom is 0.309 e. The molecular formula is C31H39FN2O2. The van der Waals surface area contributed by atoms with Crippen molar-refractivity contribution >= 4 is 11.5 Å². The van der Waals surface area contributed by atoms with Gasteiger partial charge in [-0.1, -0.05) is 43.2 Å². The fourth-order valence-electron chi connectivity index (χ4n) is 8.21. The number of hydrogen-bond acceptors (Lipinski definition) is 4. The molecule has 5 aliphatic rings. The number of halogens is 1. The molecule has 0 N–H and O–H groups in total. The van der Waals surface area contributed by atoms with Gasteiger partial charge in [0, 0.05) is 18.0 Å². The molecule has 2 heterocycles. The molecule has 1 aromatic rings. The molecule has 5 atom stereocenters. The van der Waals surface area contributed by atoms with Crippen LogP contribution in [-0.2, 0) is 9.53 Å². The zero-order valence-corrected chi connectivity index (χ0v) is 21.9. The number of carbonyl (C=O) groups is 1. The van der Waals surface area contributed by atoms with Gasteiger partial charge in [-0.2, -0.15) is 0 Å². The third kappa shape index (κ3) is 3.89. The molecule has 4 nitrogen and oxygen atoms in total. The highest BCUT2D eigenvalue weighted by Crippen LogP contribution is 2.64. The fraction of sp³-hybridized carbons (Fsp3) is 0.613. The van der Waals surface area contributed by atoms with Crippen LogP contribution in [0.3, 0.4) is 0 Å². The summed E-state index contributed by atoms with van der Waals surface area (Å²) >= 11 is 0. The number of ether oxygens (including phenoxy) is 1. The van der Waals surface area contributed by atoms with E-state index in [0.29, 0.717) is 11.8 Å². The second-order valence-corrected chi connectivity index (χ2v) is 12.4. The SMILES string of the molecule is CN1CCC(C(=O)O[C@H]2CC[C@@]3(C)C(=CCC4C5=CC=C(c6cncc(F)c6)[C@@]5(C)CCC43)C2)CC1. The lowest BCUT2D eigenvalue weighted by atomic mass is 9.49. The first-order chi connectivity index (χ1) is 17.3. The van der Waals surface area contributed by atoms with Gasteiger partial charge in [0.15, 0.2) is 0 Å². The summed E-state index contributed by atoms with van der Waals surface area (Å²) in [4.78, 5) is 19.3. The smallest absolute Gasteiger partial charge is 0.309 e. The number of rotatable bonds is 3. The van der Waals surface area contributed by atoms with Crippen LogP contribution in [0.2, 0.25) is 0 Å². The quantitative estimate of drug-likeness (QED) is 0.366. The minimum Gasteiger partial charge on any atom is -0.462 e. The first kappa shape index (κ1) is 24.1. The molecule has 4 aliphatic carbocycles. The molecule has 2 saturated carbocycles. The Balaban J connectivity index is 1.16. The number of piperidine rings is 1. The molecule has 2 unspecified atom stereocenters. The largest absolute Gasteiger partial charge is 0.462 e. The number of allylic oxidation sites excluding steroid dienone is 5. The molecule has 0 spiro atoms. The van der Waals surface area contributed by atoms with Crippen molar-refractivity contribution in [3.05, 3.63) is 59.2 Å². The number of likely N-dealkylation sites (tertiary alicyclic amines) is 1. The molecule has 1 aliphatic heterocycles. The van der Waals surface area contributed by atoms with Crippen molar-refractivity contribution in [2.45, 2.75) is 71.3 Å². The molecule has 192 valence electrons. The topological polar surface area (TPSA) is 42.4 Å². The molecule has 6 rings (SSSR count). The van der Waals surface area contributed by atoms with Gasteiger partial charge >= 0.3 is 5.97 Å². The lowest BCUT2D eigenvalue weighted by Crippen LogP contribution is -2.47. The van der Waals surface area contributed by atoms with Crippen molar-refractivity contribution in [3.8, 4) is 0 Å². The first-order valence-electron chi connectivity index (χ1n) is 13.9. The summed E-state index contributed by atoms with van der Waals surface area (Å²) in [5.41, 5.74) is 5.29. The average Bonchev–Trinajstić information content (AvgIpc) is 3.22. The summed E-state index contributed by atoms with van der Waals surface area (Å²) < 4.78 is 20.1. The Kier molecular flexibility index (Phi) is 5.98. The summed E-state index contributed by atoms with van der Waals surface area (Å²) in [6, 6.07) is 1.63. The third-order valence-electron chi connectivity index (χ3n) is 10.5. The van der Waals surface area contributed by atoms with Crippen molar-refractivity contribution in [2.24, 2.45) is 28.6 Å². The molecular weight excluding hydrogens is 451 g/mol. The number of carbonyl (C=O) groups excluding carboxylic acids is 1. The van der Waals surface area contributed by atoms with Crippen molar-refractivity contribution in [1.82, 2.24) is 9.88 Å². The van der Waals surface area contributed by atoms with Gasteiger partial charge in [0.05, 0.1) is 12.1 Å². The lowest BCUT2D eigenvalue weighted by molar-refractivity contribution is -0.157. The van der Waals surface area contributed by atoms with E-state index in [2.05, 4.69) is 49.0 Å². The minimum absolute atomic E-state index is 0.0287. The minimum atomic E-state index is -0.273. The van der Waals surface area contributed by atoms with E-state index in [-0.39, 0.29) is 34.6 Å². The van der Waals surface area contributed by atoms with E-state index in [1.807, 2.05) is 0 Å². The Bertz CT molecular complexity index is 1150. The van der Waals surface area contributed by atoms with Gasteiger partial charge in [0.25, 0.3) is 0 Å². The van der Waals surface area contributed by atoms with Crippen LogP contribution in [-0.4, -0.2) is 42.1 Å². The summed E-state index contributed by atoms with van der Waals surface area (Å²) in [6.07, 6.45) is 18.2. The van der Waals surface area contributed by atoms with Gasteiger partial charge in [0.1, 0.15) is 11.9 Å². The van der Waals surface area contributed by atoms with Crippen molar-refractivity contribution in [1.29, 1.82) is 0 Å². The molecule has 5 heteroatoms. The van der Waals surface area contributed by atoms with E-state index in [1.54, 1.807) is 12.3 Å². The van der Waals surface area contributed by atoms with E-state index in [4.69, 9.17) is 4.74 Å². The lowest BCUT2D eigenvalue weighted by Gasteiger charge is -2.56. The van der Waals surface area contributed by atoms with E-state index < -0.39 is 0 Å². The maximum atomic E-state index is 14.0. The Hall–Kier alpha value is -2.27. The molecule has 0 aromatic carbocycles. The van der Waals surface area contributed by atoms with Gasteiger partial charge in [-0.05, 0) is 99.5 Å². The molecule has 1 aromatic heterocycles.